The summed E-state index contributed by atoms with van der Waals surface area (Å²) in [5.74, 6) is 1.55. The summed E-state index contributed by atoms with van der Waals surface area (Å²) < 4.78 is 0. The lowest BCUT2D eigenvalue weighted by Gasteiger charge is -2.26. The Morgan fingerprint density at radius 2 is 2.06 bits per heavy atom. The number of likely N-dealkylation sites (N-methyl/N-ethyl adjacent to an activating group) is 1. The molecule has 4 heterocycles. The SMILES string of the molecule is CN(c1ccc(NC(=O)c2ccccc2Cl)cn1)[C@@H]1CCN(c2ncnc3[nH]ccc23)C1. The molecule has 0 radical (unpaired) electrons. The van der Waals surface area contributed by atoms with Crippen LogP contribution in [0, 0.1) is 0 Å². The first kappa shape index (κ1) is 20.3. The van der Waals surface area contributed by atoms with E-state index in [0.717, 1.165) is 42.2 Å². The van der Waals surface area contributed by atoms with Crippen LogP contribution in [0.1, 0.15) is 16.8 Å². The molecule has 9 heteroatoms. The van der Waals surface area contributed by atoms with Gasteiger partial charge in [-0.05, 0) is 36.8 Å². The van der Waals surface area contributed by atoms with Gasteiger partial charge in [0.05, 0.1) is 27.9 Å². The van der Waals surface area contributed by atoms with Gasteiger partial charge in [-0.2, -0.15) is 0 Å². The number of hydrogen-bond donors (Lipinski definition) is 2. The predicted octanol–water partition coefficient (Wildman–Crippen LogP) is 3.97. The van der Waals surface area contributed by atoms with Crippen LogP contribution >= 0.6 is 11.6 Å². The molecular weight excluding hydrogens is 426 g/mol. The summed E-state index contributed by atoms with van der Waals surface area (Å²) in [5, 5.41) is 4.30. The maximum Gasteiger partial charge on any atom is 0.257 e. The zero-order valence-corrected chi connectivity index (χ0v) is 18.3. The molecule has 0 unspecified atom stereocenters. The number of nitrogens with one attached hydrogen (secondary N) is 2. The van der Waals surface area contributed by atoms with Crippen molar-refractivity contribution in [2.75, 3.05) is 35.3 Å². The van der Waals surface area contributed by atoms with Crippen molar-refractivity contribution in [3.8, 4) is 0 Å². The molecule has 0 spiro atoms. The topological polar surface area (TPSA) is 90.0 Å². The highest BCUT2D eigenvalue weighted by atomic mass is 35.5. The molecule has 1 fully saturated rings. The third-order valence-corrected chi connectivity index (χ3v) is 6.16. The monoisotopic (exact) mass is 447 g/mol. The Bertz CT molecular complexity index is 1260. The number of aromatic nitrogens is 4. The largest absolute Gasteiger partial charge is 0.355 e. The second-order valence-electron chi connectivity index (χ2n) is 7.78. The molecule has 1 atom stereocenters. The summed E-state index contributed by atoms with van der Waals surface area (Å²) in [4.78, 5) is 33.4. The van der Waals surface area contributed by atoms with E-state index in [0.29, 0.717) is 22.3 Å². The Hall–Kier alpha value is -3.65. The summed E-state index contributed by atoms with van der Waals surface area (Å²) in [7, 11) is 2.05. The molecule has 32 heavy (non-hydrogen) atoms. The van der Waals surface area contributed by atoms with Gasteiger partial charge in [0.25, 0.3) is 5.91 Å². The Morgan fingerprint density at radius 3 is 2.88 bits per heavy atom. The first-order valence-electron chi connectivity index (χ1n) is 10.4. The van der Waals surface area contributed by atoms with Gasteiger partial charge in [0.15, 0.2) is 0 Å². The molecule has 5 rings (SSSR count). The summed E-state index contributed by atoms with van der Waals surface area (Å²) in [6.45, 7) is 1.76. The van der Waals surface area contributed by atoms with E-state index in [1.807, 2.05) is 31.4 Å². The van der Waals surface area contributed by atoms with Gasteiger partial charge < -0.3 is 20.1 Å². The summed E-state index contributed by atoms with van der Waals surface area (Å²) in [6.07, 6.45) is 6.15. The fraction of sp³-hybridized carbons (Fsp3) is 0.217. The second-order valence-corrected chi connectivity index (χ2v) is 8.18. The first-order valence-corrected chi connectivity index (χ1v) is 10.8. The van der Waals surface area contributed by atoms with Gasteiger partial charge in [0.2, 0.25) is 0 Å². The lowest BCUT2D eigenvalue weighted by molar-refractivity contribution is 0.102. The number of aromatic amines is 1. The molecule has 0 saturated carbocycles. The van der Waals surface area contributed by atoms with Crippen molar-refractivity contribution in [3.05, 3.63) is 71.8 Å². The highest BCUT2D eigenvalue weighted by molar-refractivity contribution is 6.34. The van der Waals surface area contributed by atoms with E-state index < -0.39 is 0 Å². The molecule has 1 saturated heterocycles. The van der Waals surface area contributed by atoms with Crippen LogP contribution < -0.4 is 15.1 Å². The Balaban J connectivity index is 1.25. The van der Waals surface area contributed by atoms with Crippen LogP contribution in [0.5, 0.6) is 0 Å². The number of fused-ring (bicyclic) bond motifs is 1. The minimum atomic E-state index is -0.258. The molecule has 3 aromatic heterocycles. The van der Waals surface area contributed by atoms with Crippen LogP contribution in [-0.2, 0) is 0 Å². The zero-order chi connectivity index (χ0) is 22.1. The van der Waals surface area contributed by atoms with Gasteiger partial charge in [0.1, 0.15) is 23.6 Å². The molecule has 2 N–H and O–H groups in total. The van der Waals surface area contributed by atoms with E-state index in [1.54, 1.807) is 36.8 Å². The Labute approximate surface area is 190 Å². The fourth-order valence-electron chi connectivity index (χ4n) is 4.06. The molecule has 0 aliphatic carbocycles. The van der Waals surface area contributed by atoms with E-state index in [2.05, 4.69) is 35.1 Å². The highest BCUT2D eigenvalue weighted by Crippen LogP contribution is 2.28. The number of hydrogen-bond acceptors (Lipinski definition) is 6. The van der Waals surface area contributed by atoms with E-state index in [9.17, 15) is 4.79 Å². The van der Waals surface area contributed by atoms with Gasteiger partial charge in [-0.25, -0.2) is 15.0 Å². The molecule has 8 nitrogen and oxygen atoms in total. The molecule has 4 aromatic rings. The standard InChI is InChI=1S/C23H22ClN7O/c1-30(16-9-11-31(13-16)22-18-8-10-25-21(18)27-14-28-22)20-7-6-15(12-26-20)29-23(32)17-4-2-3-5-19(17)24/h2-8,10,12,14,16H,9,11,13H2,1H3,(H,29,32)(H,25,27,28)/t16-/m1/s1. The van der Waals surface area contributed by atoms with E-state index in [1.165, 1.54) is 0 Å². The molecule has 1 aromatic carbocycles. The van der Waals surface area contributed by atoms with Crippen molar-refractivity contribution in [3.63, 3.8) is 0 Å². The smallest absolute Gasteiger partial charge is 0.257 e. The van der Waals surface area contributed by atoms with Crippen LogP contribution in [0.3, 0.4) is 0 Å². The quantitative estimate of drug-likeness (QED) is 0.481. The number of anilines is 3. The fourth-order valence-corrected chi connectivity index (χ4v) is 4.28. The summed E-state index contributed by atoms with van der Waals surface area (Å²) >= 11 is 6.11. The minimum Gasteiger partial charge on any atom is -0.355 e. The van der Waals surface area contributed by atoms with Crippen molar-refractivity contribution in [1.82, 2.24) is 19.9 Å². The number of H-pyrrole nitrogens is 1. The van der Waals surface area contributed by atoms with Crippen molar-refractivity contribution >= 4 is 45.9 Å². The van der Waals surface area contributed by atoms with Gasteiger partial charge in [-0.15, -0.1) is 0 Å². The number of rotatable bonds is 5. The molecule has 0 bridgehead atoms. The number of benzene rings is 1. The zero-order valence-electron chi connectivity index (χ0n) is 17.5. The van der Waals surface area contributed by atoms with Gasteiger partial charge in [-0.3, -0.25) is 4.79 Å². The Morgan fingerprint density at radius 1 is 1.19 bits per heavy atom. The highest BCUT2D eigenvalue weighted by Gasteiger charge is 2.28. The Kier molecular flexibility index (Phi) is 5.36. The average Bonchev–Trinajstić information content (AvgIpc) is 3.49. The maximum absolute atomic E-state index is 12.5. The number of amides is 1. The van der Waals surface area contributed by atoms with Crippen LogP contribution in [0.15, 0.2) is 61.2 Å². The number of carbonyl (C=O) groups is 1. The van der Waals surface area contributed by atoms with Crippen LogP contribution in [0.4, 0.5) is 17.3 Å². The van der Waals surface area contributed by atoms with E-state index >= 15 is 0 Å². The van der Waals surface area contributed by atoms with Crippen LogP contribution in [0.25, 0.3) is 11.0 Å². The van der Waals surface area contributed by atoms with E-state index in [-0.39, 0.29) is 5.91 Å². The predicted molar refractivity (Wildman–Crippen MR) is 127 cm³/mol. The number of pyridine rings is 1. The van der Waals surface area contributed by atoms with Crippen molar-refractivity contribution in [2.45, 2.75) is 12.5 Å². The van der Waals surface area contributed by atoms with Gasteiger partial charge in [0, 0.05) is 32.4 Å². The second kappa shape index (κ2) is 8.47. The molecule has 1 amide bonds. The van der Waals surface area contributed by atoms with Crippen molar-refractivity contribution < 1.29 is 4.79 Å². The normalized spacial score (nSPS) is 15.8. The minimum absolute atomic E-state index is 0.258. The number of nitrogens with zero attached hydrogens (tertiary/aromatic N) is 5. The molecule has 162 valence electrons. The van der Waals surface area contributed by atoms with Crippen molar-refractivity contribution in [1.29, 1.82) is 0 Å². The maximum atomic E-state index is 12.5. The summed E-state index contributed by atoms with van der Waals surface area (Å²) in [5.41, 5.74) is 1.90. The first-order chi connectivity index (χ1) is 15.6. The average molecular weight is 448 g/mol. The third-order valence-electron chi connectivity index (χ3n) is 5.83. The van der Waals surface area contributed by atoms with Crippen LogP contribution in [-0.4, -0.2) is 52.0 Å². The van der Waals surface area contributed by atoms with Gasteiger partial charge in [-0.1, -0.05) is 23.7 Å². The van der Waals surface area contributed by atoms with Crippen LogP contribution in [0.2, 0.25) is 5.02 Å². The molecule has 1 aliphatic heterocycles. The lowest BCUT2D eigenvalue weighted by atomic mass is 10.2. The third kappa shape index (κ3) is 3.85. The van der Waals surface area contributed by atoms with Gasteiger partial charge >= 0.3 is 0 Å². The van der Waals surface area contributed by atoms with Crippen molar-refractivity contribution in [2.24, 2.45) is 0 Å². The number of halogens is 1. The molecular formula is C23H22ClN7O. The number of carbonyl (C=O) groups excluding carboxylic acids is 1. The summed E-state index contributed by atoms with van der Waals surface area (Å²) in [6, 6.07) is 13.0. The molecule has 1 aliphatic rings. The van der Waals surface area contributed by atoms with E-state index in [4.69, 9.17) is 11.6 Å². The lowest BCUT2D eigenvalue weighted by Crippen LogP contribution is -2.35.